The summed E-state index contributed by atoms with van der Waals surface area (Å²) in [5.74, 6) is 0. The van der Waals surface area contributed by atoms with Crippen molar-refractivity contribution in [2.75, 3.05) is 6.54 Å². The third-order valence-corrected chi connectivity index (χ3v) is 5.19. The van der Waals surface area contributed by atoms with Crippen LogP contribution in [0.4, 0.5) is 0 Å². The molecule has 0 spiro atoms. The molecule has 112 valence electrons. The van der Waals surface area contributed by atoms with Crippen molar-refractivity contribution in [1.82, 2.24) is 14.9 Å². The fourth-order valence-electron chi connectivity index (χ4n) is 2.55. The van der Waals surface area contributed by atoms with Crippen molar-refractivity contribution < 1.29 is 0 Å². The molecule has 1 saturated heterocycles. The van der Waals surface area contributed by atoms with Gasteiger partial charge in [0.15, 0.2) is 0 Å². The Balaban J connectivity index is 1.82. The maximum absolute atomic E-state index is 4.24. The Hall–Kier alpha value is -1.03. The molecule has 2 unspecified atom stereocenters. The van der Waals surface area contributed by atoms with Crippen LogP contribution in [-0.2, 0) is 0 Å². The van der Waals surface area contributed by atoms with E-state index >= 15 is 0 Å². The molecule has 0 radical (unpaired) electrons. The summed E-state index contributed by atoms with van der Waals surface area (Å²) in [4.78, 5) is 2.27. The van der Waals surface area contributed by atoms with Gasteiger partial charge < -0.3 is 14.9 Å². The van der Waals surface area contributed by atoms with Crippen LogP contribution in [-0.4, -0.2) is 28.8 Å². The molecule has 1 saturated carbocycles. The molecule has 1 heterocycles. The number of likely N-dealkylation sites (tertiary alicyclic amines) is 1. The Morgan fingerprint density at radius 2 is 2.15 bits per heavy atom. The molecule has 4 heteroatoms. The van der Waals surface area contributed by atoms with Crippen LogP contribution in [0.25, 0.3) is 0 Å². The van der Waals surface area contributed by atoms with E-state index < -0.39 is 0 Å². The Bertz CT molecular complexity index is 376. The second-order valence-corrected chi connectivity index (χ2v) is 6.76. The summed E-state index contributed by atoms with van der Waals surface area (Å²) in [7, 11) is 0. The maximum atomic E-state index is 4.24. The van der Waals surface area contributed by atoms with Crippen molar-refractivity contribution in [2.45, 2.75) is 56.4 Å². The minimum absolute atomic E-state index is 0.251. The van der Waals surface area contributed by atoms with Crippen LogP contribution in [0.1, 0.15) is 39.0 Å². The molecule has 2 rings (SSSR count). The number of nitrogens with zero attached hydrogens (tertiary/aromatic N) is 1. The van der Waals surface area contributed by atoms with Crippen molar-refractivity contribution in [3.63, 3.8) is 0 Å². The van der Waals surface area contributed by atoms with E-state index in [0.717, 1.165) is 36.0 Å². The molecule has 20 heavy (non-hydrogen) atoms. The zero-order valence-corrected chi connectivity index (χ0v) is 13.3. The lowest BCUT2D eigenvalue weighted by Gasteiger charge is -2.29. The van der Waals surface area contributed by atoms with Crippen molar-refractivity contribution in [2.24, 2.45) is 0 Å². The van der Waals surface area contributed by atoms with Crippen LogP contribution in [0.2, 0.25) is 0 Å². The molecule has 0 aromatic heterocycles. The Labute approximate surface area is 127 Å². The summed E-state index contributed by atoms with van der Waals surface area (Å²) >= 11 is 1.81. The van der Waals surface area contributed by atoms with E-state index in [1.807, 2.05) is 18.1 Å². The van der Waals surface area contributed by atoms with Crippen molar-refractivity contribution >= 4 is 11.9 Å². The van der Waals surface area contributed by atoms with Crippen LogP contribution in [0.15, 0.2) is 37.3 Å². The van der Waals surface area contributed by atoms with Gasteiger partial charge in [0.05, 0.1) is 12.1 Å². The van der Waals surface area contributed by atoms with Gasteiger partial charge in [-0.05, 0) is 50.3 Å². The summed E-state index contributed by atoms with van der Waals surface area (Å²) in [6.45, 7) is 15.6. The van der Waals surface area contributed by atoms with E-state index in [1.165, 1.54) is 19.3 Å². The lowest BCUT2D eigenvalue weighted by Crippen LogP contribution is -2.39. The van der Waals surface area contributed by atoms with E-state index in [-0.39, 0.29) is 6.04 Å². The molecule has 0 aromatic carbocycles. The van der Waals surface area contributed by atoms with Crippen molar-refractivity contribution in [3.05, 3.63) is 37.3 Å². The summed E-state index contributed by atoms with van der Waals surface area (Å²) in [6.07, 6.45) is 7.98. The average molecular weight is 293 g/mol. The molecule has 2 aliphatic rings. The first-order chi connectivity index (χ1) is 9.65. The smallest absolute Gasteiger partial charge is 0.0677 e. The van der Waals surface area contributed by atoms with Crippen molar-refractivity contribution in [3.8, 4) is 0 Å². The largest absolute Gasteiger partial charge is 0.379 e. The molecule has 0 amide bonds. The Kier molecular flexibility index (Phi) is 5.46. The van der Waals surface area contributed by atoms with Gasteiger partial charge in [-0.25, -0.2) is 0 Å². The van der Waals surface area contributed by atoms with Crippen LogP contribution in [0, 0.1) is 0 Å². The predicted octanol–water partition coefficient (Wildman–Crippen LogP) is 3.39. The van der Waals surface area contributed by atoms with E-state index in [0.29, 0.717) is 6.04 Å². The zero-order valence-electron chi connectivity index (χ0n) is 12.5. The van der Waals surface area contributed by atoms with Gasteiger partial charge in [-0.1, -0.05) is 26.7 Å². The van der Waals surface area contributed by atoms with E-state index in [2.05, 4.69) is 41.6 Å². The molecule has 0 bridgehead atoms. The highest BCUT2D eigenvalue weighted by molar-refractivity contribution is 7.98. The van der Waals surface area contributed by atoms with Gasteiger partial charge in [0.1, 0.15) is 0 Å². The minimum atomic E-state index is 0.251. The molecule has 1 aliphatic heterocycles. The lowest BCUT2D eigenvalue weighted by atomic mass is 10.1. The van der Waals surface area contributed by atoms with E-state index in [1.54, 1.807) is 0 Å². The summed E-state index contributed by atoms with van der Waals surface area (Å²) in [5.41, 5.74) is 2.15. The number of hydrogen-bond acceptors (Lipinski definition) is 4. The third kappa shape index (κ3) is 3.98. The molecule has 2 fully saturated rings. The summed E-state index contributed by atoms with van der Waals surface area (Å²) in [6, 6.07) is 0.631. The van der Waals surface area contributed by atoms with Gasteiger partial charge in [-0.3, -0.25) is 0 Å². The Morgan fingerprint density at radius 1 is 1.40 bits per heavy atom. The number of hydrogen-bond donors (Lipinski definition) is 2. The number of nitrogens with one attached hydrogen (secondary N) is 2. The molecule has 0 aromatic rings. The van der Waals surface area contributed by atoms with Crippen LogP contribution in [0.5, 0.6) is 0 Å². The predicted molar refractivity (Wildman–Crippen MR) is 89.2 cm³/mol. The van der Waals surface area contributed by atoms with Gasteiger partial charge >= 0.3 is 0 Å². The minimum Gasteiger partial charge on any atom is -0.379 e. The molecule has 2 atom stereocenters. The van der Waals surface area contributed by atoms with Crippen LogP contribution >= 0.6 is 11.9 Å². The topological polar surface area (TPSA) is 27.3 Å². The van der Waals surface area contributed by atoms with E-state index in [9.17, 15) is 0 Å². The standard InChI is InChI=1S/C16H27N3S/c1-5-15(12(3)18-20-14-9-10-14)17-13(4)16-8-7-11-19(16)6-2/h6,14-18H,2-5,7-11H2,1H3. The van der Waals surface area contributed by atoms with Crippen LogP contribution < -0.4 is 10.0 Å². The maximum Gasteiger partial charge on any atom is 0.0677 e. The van der Waals surface area contributed by atoms with Gasteiger partial charge in [-0.15, -0.1) is 0 Å². The fraction of sp³-hybridized carbons (Fsp3) is 0.625. The SMILES string of the molecule is C=CN1CCCC1C(=C)NC(CC)C(=C)NSC1CC1. The second-order valence-electron chi connectivity index (χ2n) is 5.65. The second kappa shape index (κ2) is 7.11. The highest BCUT2D eigenvalue weighted by Gasteiger charge is 2.26. The van der Waals surface area contributed by atoms with Crippen molar-refractivity contribution in [1.29, 1.82) is 0 Å². The quantitative estimate of drug-likeness (QED) is 0.637. The van der Waals surface area contributed by atoms with Gasteiger partial charge in [0.2, 0.25) is 0 Å². The van der Waals surface area contributed by atoms with Crippen LogP contribution in [0.3, 0.4) is 0 Å². The first-order valence-corrected chi connectivity index (χ1v) is 8.47. The molecular weight excluding hydrogens is 266 g/mol. The monoisotopic (exact) mass is 293 g/mol. The first kappa shape index (κ1) is 15.4. The normalized spacial score (nSPS) is 23.2. The highest BCUT2D eigenvalue weighted by Crippen LogP contribution is 2.32. The molecule has 2 N–H and O–H groups in total. The third-order valence-electron chi connectivity index (χ3n) is 4.00. The fourth-order valence-corrected chi connectivity index (χ4v) is 3.39. The van der Waals surface area contributed by atoms with Gasteiger partial charge in [0, 0.05) is 23.2 Å². The summed E-state index contributed by atoms with van der Waals surface area (Å²) < 4.78 is 3.40. The van der Waals surface area contributed by atoms with Gasteiger partial charge in [0.25, 0.3) is 0 Å². The van der Waals surface area contributed by atoms with Gasteiger partial charge in [-0.2, -0.15) is 0 Å². The number of rotatable bonds is 9. The first-order valence-electron chi connectivity index (χ1n) is 7.59. The molecule has 1 aliphatic carbocycles. The highest BCUT2D eigenvalue weighted by atomic mass is 32.2. The Morgan fingerprint density at radius 3 is 2.75 bits per heavy atom. The average Bonchev–Trinajstić information content (AvgIpc) is 3.16. The zero-order chi connectivity index (χ0) is 14.5. The molecular formula is C16H27N3S. The molecule has 3 nitrogen and oxygen atoms in total. The van der Waals surface area contributed by atoms with E-state index in [4.69, 9.17) is 0 Å². The lowest BCUT2D eigenvalue weighted by molar-refractivity contribution is 0.368. The summed E-state index contributed by atoms with van der Waals surface area (Å²) in [5, 5.41) is 4.35.